The first kappa shape index (κ1) is 34.4. The second-order valence-corrected chi connectivity index (χ2v) is 15.4. The van der Waals surface area contributed by atoms with Crippen LogP contribution in [-0.2, 0) is 9.47 Å². The SMILES string of the molecule is CC(/C=C/C=C(C)/C=C/[C@@]12O[C@]1(C)C[C@H](O)CC2(C)C)=C\C=C\C=C(C)\C=C\C=C(C)\C=C\[C@]12O[C@@]1(C)C[C@H](O)CC2(C)C. The Morgan fingerprint density at radius 3 is 1.16 bits per heavy atom. The van der Waals surface area contributed by atoms with Gasteiger partial charge in [-0.2, -0.15) is 0 Å². The van der Waals surface area contributed by atoms with Crippen molar-refractivity contribution in [2.45, 2.75) is 130 Å². The fraction of sp³-hybridized carbons (Fsp3) is 0.550. The zero-order valence-corrected chi connectivity index (χ0v) is 28.8. The Morgan fingerprint density at radius 1 is 0.500 bits per heavy atom. The van der Waals surface area contributed by atoms with Crippen molar-refractivity contribution in [2.75, 3.05) is 0 Å². The second kappa shape index (κ2) is 12.4. The third kappa shape index (κ3) is 6.84. The van der Waals surface area contributed by atoms with E-state index in [-0.39, 0.29) is 45.4 Å². The molecule has 0 bridgehead atoms. The van der Waals surface area contributed by atoms with Crippen molar-refractivity contribution in [1.82, 2.24) is 0 Å². The van der Waals surface area contributed by atoms with Crippen LogP contribution in [0.2, 0.25) is 0 Å². The number of allylic oxidation sites excluding steroid dienone is 16. The van der Waals surface area contributed by atoms with Crippen LogP contribution >= 0.6 is 0 Å². The first-order chi connectivity index (χ1) is 20.4. The van der Waals surface area contributed by atoms with Crippen molar-refractivity contribution in [1.29, 1.82) is 0 Å². The molecule has 0 aromatic heterocycles. The summed E-state index contributed by atoms with van der Waals surface area (Å²) < 4.78 is 12.5. The molecule has 2 saturated carbocycles. The van der Waals surface area contributed by atoms with Gasteiger partial charge in [-0.25, -0.2) is 0 Å². The summed E-state index contributed by atoms with van der Waals surface area (Å²) in [6.07, 6.45) is 32.0. The van der Waals surface area contributed by atoms with Gasteiger partial charge in [0.1, 0.15) is 22.4 Å². The third-order valence-electron chi connectivity index (χ3n) is 10.4. The van der Waals surface area contributed by atoms with E-state index in [1.807, 2.05) is 0 Å². The van der Waals surface area contributed by atoms with Crippen molar-refractivity contribution in [3.05, 3.63) is 107 Å². The molecule has 0 aromatic carbocycles. The average molecular weight is 601 g/mol. The van der Waals surface area contributed by atoms with E-state index in [1.54, 1.807) is 0 Å². The first-order valence-electron chi connectivity index (χ1n) is 16.3. The monoisotopic (exact) mass is 600 g/mol. The van der Waals surface area contributed by atoms with Crippen LogP contribution in [0.5, 0.6) is 0 Å². The zero-order valence-electron chi connectivity index (χ0n) is 28.8. The molecule has 0 spiro atoms. The van der Waals surface area contributed by atoms with Crippen molar-refractivity contribution in [2.24, 2.45) is 10.8 Å². The maximum absolute atomic E-state index is 10.3. The van der Waals surface area contributed by atoms with Crippen LogP contribution in [0.15, 0.2) is 107 Å². The Labute approximate surface area is 267 Å². The molecule has 4 heteroatoms. The van der Waals surface area contributed by atoms with Crippen LogP contribution in [0, 0.1) is 10.8 Å². The van der Waals surface area contributed by atoms with E-state index in [2.05, 4.69) is 154 Å². The molecule has 0 unspecified atom stereocenters. The highest BCUT2D eigenvalue weighted by Crippen LogP contribution is 2.67. The fourth-order valence-corrected chi connectivity index (χ4v) is 7.99. The molecular formula is C40H56O4. The van der Waals surface area contributed by atoms with Crippen molar-refractivity contribution in [3.8, 4) is 0 Å². The molecule has 2 saturated heterocycles. The number of epoxide rings is 2. The summed E-state index contributed by atoms with van der Waals surface area (Å²) in [6, 6.07) is 0. The van der Waals surface area contributed by atoms with Gasteiger partial charge >= 0.3 is 0 Å². The number of aliphatic hydroxyl groups is 2. The van der Waals surface area contributed by atoms with E-state index in [9.17, 15) is 10.2 Å². The van der Waals surface area contributed by atoms with Crippen molar-refractivity contribution < 1.29 is 19.7 Å². The van der Waals surface area contributed by atoms with E-state index >= 15 is 0 Å². The molecule has 44 heavy (non-hydrogen) atoms. The Bertz CT molecular complexity index is 1270. The summed E-state index contributed by atoms with van der Waals surface area (Å²) in [5.41, 5.74) is 3.36. The summed E-state index contributed by atoms with van der Waals surface area (Å²) in [6.45, 7) is 21.4. The van der Waals surface area contributed by atoms with Gasteiger partial charge in [0.15, 0.2) is 0 Å². The lowest BCUT2D eigenvalue weighted by molar-refractivity contribution is 0.0510. The van der Waals surface area contributed by atoms with Gasteiger partial charge in [-0.05, 0) is 66.5 Å². The van der Waals surface area contributed by atoms with Gasteiger partial charge in [-0.1, -0.05) is 123 Å². The van der Waals surface area contributed by atoms with Crippen LogP contribution in [0.25, 0.3) is 0 Å². The van der Waals surface area contributed by atoms with Gasteiger partial charge in [0.2, 0.25) is 0 Å². The summed E-state index contributed by atoms with van der Waals surface area (Å²) in [4.78, 5) is 0. The van der Waals surface area contributed by atoms with E-state index in [0.29, 0.717) is 12.8 Å². The van der Waals surface area contributed by atoms with Crippen LogP contribution < -0.4 is 0 Å². The minimum absolute atomic E-state index is 0.0969. The number of rotatable bonds is 10. The molecule has 2 N–H and O–H groups in total. The molecule has 4 fully saturated rings. The highest BCUT2D eigenvalue weighted by molar-refractivity contribution is 5.38. The lowest BCUT2D eigenvalue weighted by Gasteiger charge is -2.39. The van der Waals surface area contributed by atoms with Gasteiger partial charge in [-0.15, -0.1) is 0 Å². The Morgan fingerprint density at radius 2 is 0.818 bits per heavy atom. The number of ether oxygens (including phenoxy) is 2. The number of hydrogen-bond donors (Lipinski definition) is 2. The van der Waals surface area contributed by atoms with Gasteiger partial charge < -0.3 is 19.7 Å². The van der Waals surface area contributed by atoms with Crippen LogP contribution in [0.1, 0.15) is 94.9 Å². The summed E-state index contributed by atoms with van der Waals surface area (Å²) in [5.74, 6) is 0. The maximum Gasteiger partial charge on any atom is 0.121 e. The minimum Gasteiger partial charge on any atom is -0.393 e. The van der Waals surface area contributed by atoms with Crippen LogP contribution in [0.3, 0.4) is 0 Å². The number of aliphatic hydroxyl groups excluding tert-OH is 2. The smallest absolute Gasteiger partial charge is 0.121 e. The van der Waals surface area contributed by atoms with E-state index in [1.165, 1.54) is 22.3 Å². The van der Waals surface area contributed by atoms with Crippen LogP contribution in [0.4, 0.5) is 0 Å². The quantitative estimate of drug-likeness (QED) is 0.194. The molecule has 2 heterocycles. The summed E-state index contributed by atoms with van der Waals surface area (Å²) in [7, 11) is 0. The normalized spacial score (nSPS) is 39.2. The summed E-state index contributed by atoms with van der Waals surface area (Å²) >= 11 is 0. The predicted molar refractivity (Wildman–Crippen MR) is 183 cm³/mol. The molecule has 4 aliphatic rings. The van der Waals surface area contributed by atoms with Gasteiger partial charge in [0.05, 0.1) is 12.2 Å². The molecule has 0 amide bonds. The van der Waals surface area contributed by atoms with Crippen LogP contribution in [-0.4, -0.2) is 44.8 Å². The Hall–Kier alpha value is -2.50. The first-order valence-corrected chi connectivity index (χ1v) is 16.3. The van der Waals surface area contributed by atoms with Gasteiger partial charge in [-0.3, -0.25) is 0 Å². The number of hydrogen-bond acceptors (Lipinski definition) is 4. The molecule has 240 valence electrons. The molecule has 4 nitrogen and oxygen atoms in total. The molecule has 6 atom stereocenters. The topological polar surface area (TPSA) is 65.5 Å². The summed E-state index contributed by atoms with van der Waals surface area (Å²) in [5, 5.41) is 20.5. The largest absolute Gasteiger partial charge is 0.393 e. The molecule has 2 aliphatic carbocycles. The maximum atomic E-state index is 10.3. The standard InChI is InChI=1S/C40H56O4/c1-29(17-13-19-31(3)21-23-39-35(5,6)25-33(41)27-37(39,9)43-39)15-11-12-16-30(2)18-14-20-32(4)22-24-40-36(7,8)26-34(42)28-38(40,10)44-40/h11-24,33-34,41-42H,25-28H2,1-10H3/b12-11+,17-13+,18-14+,23-21+,24-22+,29-15+,30-16+,31-19+,32-20+/t33-,34-,37-,38+,39+,40-/m1/s1. The Kier molecular flexibility index (Phi) is 9.66. The van der Waals surface area contributed by atoms with Crippen molar-refractivity contribution in [3.63, 3.8) is 0 Å². The number of fused-ring (bicyclic) bond motifs is 2. The van der Waals surface area contributed by atoms with E-state index in [0.717, 1.165) is 12.8 Å². The highest BCUT2D eigenvalue weighted by Gasteiger charge is 2.75. The lowest BCUT2D eigenvalue weighted by Crippen LogP contribution is -2.46. The second-order valence-electron chi connectivity index (χ2n) is 15.4. The highest BCUT2D eigenvalue weighted by atomic mass is 16.6. The predicted octanol–water partition coefficient (Wildman–Crippen LogP) is 8.97. The van der Waals surface area contributed by atoms with E-state index in [4.69, 9.17) is 9.47 Å². The minimum atomic E-state index is -0.294. The van der Waals surface area contributed by atoms with E-state index < -0.39 is 0 Å². The van der Waals surface area contributed by atoms with Gasteiger partial charge in [0, 0.05) is 23.7 Å². The van der Waals surface area contributed by atoms with Gasteiger partial charge in [0.25, 0.3) is 0 Å². The molecule has 4 rings (SSSR count). The fourth-order valence-electron chi connectivity index (χ4n) is 7.99. The molecule has 2 aliphatic heterocycles. The molecular weight excluding hydrogens is 544 g/mol. The molecule has 0 radical (unpaired) electrons. The third-order valence-corrected chi connectivity index (χ3v) is 10.4. The average Bonchev–Trinajstić information content (AvgIpc) is 3.73. The Balaban J connectivity index is 1.25. The zero-order chi connectivity index (χ0) is 32.6. The lowest BCUT2D eigenvalue weighted by atomic mass is 9.63. The molecule has 0 aromatic rings. The van der Waals surface area contributed by atoms with Crippen molar-refractivity contribution >= 4 is 0 Å².